The molecule has 0 N–H and O–H groups in total. The van der Waals surface area contributed by atoms with Crippen molar-refractivity contribution in [2.45, 2.75) is 6.42 Å². The van der Waals surface area contributed by atoms with Gasteiger partial charge < -0.3 is 4.74 Å². The molecule has 0 radical (unpaired) electrons. The molecular weight excluding hydrogens is 362 g/mol. The van der Waals surface area contributed by atoms with Crippen LogP contribution >= 0.6 is 24.0 Å². The summed E-state index contributed by atoms with van der Waals surface area (Å²) in [6, 6.07) is 17.7. The van der Waals surface area contributed by atoms with Crippen molar-refractivity contribution in [2.24, 2.45) is 0 Å². The Morgan fingerprint density at radius 3 is 2.54 bits per heavy atom. The Bertz CT molecular complexity index is 829. The molecule has 0 spiro atoms. The number of hydrogen-bond donors (Lipinski definition) is 0. The third-order valence-electron chi connectivity index (χ3n) is 3.89. The molecule has 26 heavy (non-hydrogen) atoms. The highest BCUT2D eigenvalue weighted by Crippen LogP contribution is 2.32. The first-order chi connectivity index (χ1) is 12.7. The highest BCUT2D eigenvalue weighted by molar-refractivity contribution is 8.26. The molecule has 3 rings (SSSR count). The largest absolute Gasteiger partial charge is 0.490 e. The van der Waals surface area contributed by atoms with E-state index in [4.69, 9.17) is 17.0 Å². The fraction of sp³-hybridized carbons (Fsp3) is 0.143. The van der Waals surface area contributed by atoms with Crippen molar-refractivity contribution < 1.29 is 9.53 Å². The summed E-state index contributed by atoms with van der Waals surface area (Å²) in [5.74, 6) is 0.750. The van der Waals surface area contributed by atoms with Crippen molar-refractivity contribution in [3.8, 4) is 5.75 Å². The molecule has 0 saturated carbocycles. The molecule has 1 heterocycles. The van der Waals surface area contributed by atoms with Crippen molar-refractivity contribution in [1.82, 2.24) is 4.90 Å². The van der Waals surface area contributed by atoms with Gasteiger partial charge in [-0.05, 0) is 35.8 Å². The van der Waals surface area contributed by atoms with Crippen LogP contribution in [0.15, 0.2) is 72.2 Å². The standard InChI is InChI=1S/C21H19NO2S2/c1-2-14-24-18-10-8-17(9-11-18)15-19-20(23)22(21(25)26-19)13-12-16-6-4-3-5-7-16/h2-11,15H,1,12-14H2/b19-15+. The van der Waals surface area contributed by atoms with Crippen LogP contribution in [-0.4, -0.2) is 28.3 Å². The quantitative estimate of drug-likeness (QED) is 0.395. The number of carbonyl (C=O) groups is 1. The van der Waals surface area contributed by atoms with Gasteiger partial charge in [0.1, 0.15) is 16.7 Å². The van der Waals surface area contributed by atoms with Gasteiger partial charge in [0, 0.05) is 6.54 Å². The number of rotatable bonds is 7. The summed E-state index contributed by atoms with van der Waals surface area (Å²) in [6.07, 6.45) is 4.36. The molecule has 3 nitrogen and oxygen atoms in total. The monoisotopic (exact) mass is 381 g/mol. The summed E-state index contributed by atoms with van der Waals surface area (Å²) in [4.78, 5) is 15.0. The number of benzene rings is 2. The normalized spacial score (nSPS) is 15.5. The molecule has 0 aliphatic carbocycles. The maximum atomic E-state index is 12.7. The van der Waals surface area contributed by atoms with E-state index in [2.05, 4.69) is 18.7 Å². The molecule has 1 saturated heterocycles. The van der Waals surface area contributed by atoms with E-state index in [0.717, 1.165) is 17.7 Å². The second-order valence-electron chi connectivity index (χ2n) is 5.74. The number of thioether (sulfide) groups is 1. The van der Waals surface area contributed by atoms with E-state index in [9.17, 15) is 4.79 Å². The molecule has 2 aromatic rings. The minimum Gasteiger partial charge on any atom is -0.490 e. The first-order valence-corrected chi connectivity index (χ1v) is 9.53. The van der Waals surface area contributed by atoms with Gasteiger partial charge in [-0.15, -0.1) is 0 Å². The second-order valence-corrected chi connectivity index (χ2v) is 7.41. The van der Waals surface area contributed by atoms with Gasteiger partial charge in [-0.25, -0.2) is 0 Å². The molecule has 1 aliphatic rings. The minimum atomic E-state index is -0.0251. The number of amides is 1. The molecule has 2 aromatic carbocycles. The van der Waals surface area contributed by atoms with Gasteiger partial charge in [0.25, 0.3) is 5.91 Å². The van der Waals surface area contributed by atoms with Crippen LogP contribution in [0.3, 0.4) is 0 Å². The average Bonchev–Trinajstić information content (AvgIpc) is 2.93. The zero-order valence-electron chi connectivity index (χ0n) is 14.3. The maximum Gasteiger partial charge on any atom is 0.266 e. The van der Waals surface area contributed by atoms with Gasteiger partial charge in [0.05, 0.1) is 4.91 Å². The highest BCUT2D eigenvalue weighted by Gasteiger charge is 2.31. The van der Waals surface area contributed by atoms with Crippen molar-refractivity contribution in [1.29, 1.82) is 0 Å². The van der Waals surface area contributed by atoms with E-state index in [-0.39, 0.29) is 5.91 Å². The van der Waals surface area contributed by atoms with Crippen LogP contribution in [0.1, 0.15) is 11.1 Å². The Morgan fingerprint density at radius 1 is 1.12 bits per heavy atom. The van der Waals surface area contributed by atoms with Crippen molar-refractivity contribution in [3.63, 3.8) is 0 Å². The molecule has 132 valence electrons. The molecule has 0 aromatic heterocycles. The molecule has 0 atom stereocenters. The van der Waals surface area contributed by atoms with E-state index >= 15 is 0 Å². The van der Waals surface area contributed by atoms with Crippen molar-refractivity contribution >= 4 is 40.3 Å². The van der Waals surface area contributed by atoms with Crippen LogP contribution in [0, 0.1) is 0 Å². The predicted molar refractivity (Wildman–Crippen MR) is 112 cm³/mol. The lowest BCUT2D eigenvalue weighted by molar-refractivity contribution is -0.122. The Kier molecular flexibility index (Phi) is 6.26. The zero-order valence-corrected chi connectivity index (χ0v) is 15.9. The molecule has 0 bridgehead atoms. The molecule has 5 heteroatoms. The first kappa shape index (κ1) is 18.4. The van der Waals surface area contributed by atoms with E-state index in [1.54, 1.807) is 11.0 Å². The number of ether oxygens (including phenoxy) is 1. The summed E-state index contributed by atoms with van der Waals surface area (Å²) >= 11 is 6.75. The summed E-state index contributed by atoms with van der Waals surface area (Å²) in [5, 5.41) is 0. The Labute approximate surface area is 163 Å². The van der Waals surface area contributed by atoms with Gasteiger partial charge in [-0.1, -0.05) is 79.1 Å². The smallest absolute Gasteiger partial charge is 0.266 e. The molecule has 1 amide bonds. The van der Waals surface area contributed by atoms with Gasteiger partial charge >= 0.3 is 0 Å². The van der Waals surface area contributed by atoms with Gasteiger partial charge in [-0.3, -0.25) is 9.69 Å². The summed E-state index contributed by atoms with van der Waals surface area (Å²) in [6.45, 7) is 4.70. The highest BCUT2D eigenvalue weighted by atomic mass is 32.2. The fourth-order valence-electron chi connectivity index (χ4n) is 2.55. The van der Waals surface area contributed by atoms with Crippen LogP contribution in [0.4, 0.5) is 0 Å². The zero-order chi connectivity index (χ0) is 18.4. The minimum absolute atomic E-state index is 0.0251. The third-order valence-corrected chi connectivity index (χ3v) is 5.26. The topological polar surface area (TPSA) is 29.5 Å². The average molecular weight is 382 g/mol. The number of hydrogen-bond acceptors (Lipinski definition) is 4. The van der Waals surface area contributed by atoms with Crippen molar-refractivity contribution in [2.75, 3.05) is 13.2 Å². The lowest BCUT2D eigenvalue weighted by atomic mass is 10.1. The first-order valence-electron chi connectivity index (χ1n) is 8.30. The fourth-order valence-corrected chi connectivity index (χ4v) is 3.85. The molecule has 1 aliphatic heterocycles. The lowest BCUT2D eigenvalue weighted by Gasteiger charge is -2.14. The summed E-state index contributed by atoms with van der Waals surface area (Å²) < 4.78 is 6.08. The predicted octanol–water partition coefficient (Wildman–Crippen LogP) is 4.70. The van der Waals surface area contributed by atoms with E-state index in [1.807, 2.05) is 48.5 Å². The van der Waals surface area contributed by atoms with Crippen molar-refractivity contribution in [3.05, 3.63) is 83.3 Å². The van der Waals surface area contributed by atoms with Gasteiger partial charge in [-0.2, -0.15) is 0 Å². The third kappa shape index (κ3) is 4.62. The summed E-state index contributed by atoms with van der Waals surface area (Å²) in [7, 11) is 0. The SMILES string of the molecule is C=CCOc1ccc(/C=C2/SC(=S)N(CCc3ccccc3)C2=O)cc1. The maximum absolute atomic E-state index is 12.7. The number of nitrogens with zero attached hydrogens (tertiary/aromatic N) is 1. The lowest BCUT2D eigenvalue weighted by Crippen LogP contribution is -2.30. The van der Waals surface area contributed by atoms with Gasteiger partial charge in [0.2, 0.25) is 0 Å². The van der Waals surface area contributed by atoms with Crippen LogP contribution in [-0.2, 0) is 11.2 Å². The summed E-state index contributed by atoms with van der Waals surface area (Å²) in [5.41, 5.74) is 2.14. The van der Waals surface area contributed by atoms with E-state index < -0.39 is 0 Å². The molecule has 0 unspecified atom stereocenters. The second kappa shape index (κ2) is 8.83. The van der Waals surface area contributed by atoms with Crippen LogP contribution in [0.2, 0.25) is 0 Å². The Hall–Kier alpha value is -2.37. The van der Waals surface area contributed by atoms with E-state index in [1.165, 1.54) is 17.3 Å². The van der Waals surface area contributed by atoms with Crippen LogP contribution in [0.25, 0.3) is 6.08 Å². The van der Waals surface area contributed by atoms with Crippen LogP contribution < -0.4 is 4.74 Å². The van der Waals surface area contributed by atoms with E-state index in [0.29, 0.717) is 22.4 Å². The number of carbonyl (C=O) groups excluding carboxylic acids is 1. The molecular formula is C21H19NO2S2. The van der Waals surface area contributed by atoms with Crippen LogP contribution in [0.5, 0.6) is 5.75 Å². The number of thiocarbonyl (C=S) groups is 1. The Morgan fingerprint density at radius 2 is 1.85 bits per heavy atom. The molecule has 1 fully saturated rings. The van der Waals surface area contributed by atoms with Gasteiger partial charge in [0.15, 0.2) is 0 Å². The Balaban J connectivity index is 1.65.